The molecule has 1 aromatic carbocycles. The smallest absolute Gasteiger partial charge is 0.308 e. The largest absolute Gasteiger partial charge is 0.481 e. The van der Waals surface area contributed by atoms with E-state index >= 15 is 0 Å². The molecule has 20 heavy (non-hydrogen) atoms. The molecule has 3 rings (SSSR count). The number of aromatic nitrogens is 2. The van der Waals surface area contributed by atoms with E-state index in [1.165, 1.54) is 0 Å². The van der Waals surface area contributed by atoms with Gasteiger partial charge in [0.1, 0.15) is 5.82 Å². The van der Waals surface area contributed by atoms with Crippen LogP contribution in [0.3, 0.4) is 0 Å². The summed E-state index contributed by atoms with van der Waals surface area (Å²) in [5.74, 6) is 0.0574. The second kappa shape index (κ2) is 5.07. The number of piperidine rings is 1. The normalized spacial score (nSPS) is 22.9. The molecule has 1 saturated heterocycles. The molecule has 2 atom stereocenters. The number of anilines is 1. The molecule has 1 aliphatic heterocycles. The minimum atomic E-state index is -0.727. The lowest BCUT2D eigenvalue weighted by molar-refractivity contribution is -0.142. The summed E-state index contributed by atoms with van der Waals surface area (Å²) in [6.07, 6.45) is 2.46. The summed E-state index contributed by atoms with van der Waals surface area (Å²) in [6.45, 7) is 3.42. The molecular weight excluding hydrogens is 254 g/mol. The van der Waals surface area contributed by atoms with Gasteiger partial charge >= 0.3 is 5.97 Å². The lowest BCUT2D eigenvalue weighted by atomic mass is 9.90. The molecule has 0 radical (unpaired) electrons. The van der Waals surface area contributed by atoms with Crippen LogP contribution in [0, 0.1) is 11.8 Å². The first-order valence-electron chi connectivity index (χ1n) is 6.83. The van der Waals surface area contributed by atoms with E-state index in [1.807, 2.05) is 29.2 Å². The lowest BCUT2D eigenvalue weighted by Crippen LogP contribution is -2.43. The van der Waals surface area contributed by atoms with Crippen LogP contribution in [-0.4, -0.2) is 34.1 Å². The zero-order chi connectivity index (χ0) is 14.1. The number of hydrogen-bond donors (Lipinski definition) is 1. The van der Waals surface area contributed by atoms with E-state index in [0.29, 0.717) is 12.5 Å². The number of carbonyl (C=O) groups is 1. The second-order valence-electron chi connectivity index (χ2n) is 5.50. The number of carboxylic acid groups (broad SMARTS) is 1. The van der Waals surface area contributed by atoms with Crippen molar-refractivity contribution in [2.75, 3.05) is 18.0 Å². The minimum Gasteiger partial charge on any atom is -0.481 e. The molecule has 1 fully saturated rings. The highest BCUT2D eigenvalue weighted by Gasteiger charge is 2.30. The van der Waals surface area contributed by atoms with Crippen LogP contribution < -0.4 is 4.90 Å². The number of nitrogens with zero attached hydrogens (tertiary/aromatic N) is 3. The van der Waals surface area contributed by atoms with E-state index in [2.05, 4.69) is 16.9 Å². The first kappa shape index (κ1) is 12.8. The molecule has 0 aliphatic carbocycles. The fourth-order valence-corrected chi connectivity index (χ4v) is 2.82. The van der Waals surface area contributed by atoms with E-state index in [-0.39, 0.29) is 5.92 Å². The van der Waals surface area contributed by atoms with Crippen LogP contribution in [0.15, 0.2) is 30.5 Å². The Bertz CT molecular complexity index is 644. The summed E-state index contributed by atoms with van der Waals surface area (Å²) < 4.78 is 0. The topological polar surface area (TPSA) is 66.3 Å². The van der Waals surface area contributed by atoms with E-state index in [9.17, 15) is 9.90 Å². The van der Waals surface area contributed by atoms with Crippen LogP contribution in [0.5, 0.6) is 0 Å². The molecule has 5 nitrogen and oxygen atoms in total. The molecule has 2 aromatic rings. The maximum absolute atomic E-state index is 11.2. The van der Waals surface area contributed by atoms with Gasteiger partial charge in [0.25, 0.3) is 0 Å². The van der Waals surface area contributed by atoms with E-state index in [4.69, 9.17) is 0 Å². The Labute approximate surface area is 117 Å². The zero-order valence-corrected chi connectivity index (χ0v) is 11.4. The monoisotopic (exact) mass is 271 g/mol. The molecule has 1 N–H and O–H groups in total. The van der Waals surface area contributed by atoms with Crippen molar-refractivity contribution in [3.05, 3.63) is 30.5 Å². The van der Waals surface area contributed by atoms with Crippen LogP contribution in [0.1, 0.15) is 13.3 Å². The van der Waals surface area contributed by atoms with E-state index in [0.717, 1.165) is 29.8 Å². The van der Waals surface area contributed by atoms with Gasteiger partial charge in [-0.1, -0.05) is 19.1 Å². The molecule has 0 saturated carbocycles. The van der Waals surface area contributed by atoms with Crippen molar-refractivity contribution in [3.63, 3.8) is 0 Å². The Hall–Kier alpha value is -2.17. The number of carboxylic acids is 1. The summed E-state index contributed by atoms with van der Waals surface area (Å²) in [7, 11) is 0. The standard InChI is InChI=1S/C15H17N3O2/c1-10-6-11(15(19)20)9-18(8-10)14-7-16-12-4-2-3-5-13(12)17-14/h2-5,7,10-11H,6,8-9H2,1H3,(H,19,20). The fourth-order valence-electron chi connectivity index (χ4n) is 2.82. The van der Waals surface area contributed by atoms with Gasteiger partial charge < -0.3 is 10.0 Å². The van der Waals surface area contributed by atoms with Gasteiger partial charge in [-0.2, -0.15) is 0 Å². The number of rotatable bonds is 2. The molecule has 2 unspecified atom stereocenters. The molecule has 0 amide bonds. The highest BCUT2D eigenvalue weighted by Crippen LogP contribution is 2.26. The maximum atomic E-state index is 11.2. The summed E-state index contributed by atoms with van der Waals surface area (Å²) in [6, 6.07) is 7.71. The molecule has 104 valence electrons. The summed E-state index contributed by atoms with van der Waals surface area (Å²) in [5.41, 5.74) is 1.70. The van der Waals surface area contributed by atoms with Gasteiger partial charge in [-0.25, -0.2) is 4.98 Å². The lowest BCUT2D eigenvalue weighted by Gasteiger charge is -2.35. The Morgan fingerprint density at radius 3 is 2.80 bits per heavy atom. The predicted molar refractivity (Wildman–Crippen MR) is 76.7 cm³/mol. The van der Waals surface area contributed by atoms with Crippen molar-refractivity contribution in [1.29, 1.82) is 0 Å². The molecule has 1 aromatic heterocycles. The van der Waals surface area contributed by atoms with Gasteiger partial charge in [0, 0.05) is 13.1 Å². The third-order valence-corrected chi connectivity index (χ3v) is 3.77. The van der Waals surface area contributed by atoms with Crippen LogP contribution in [0.2, 0.25) is 0 Å². The van der Waals surface area contributed by atoms with Crippen molar-refractivity contribution in [3.8, 4) is 0 Å². The molecular formula is C15H17N3O2. The van der Waals surface area contributed by atoms with Crippen molar-refractivity contribution in [2.45, 2.75) is 13.3 Å². The average Bonchev–Trinajstić information content (AvgIpc) is 2.46. The quantitative estimate of drug-likeness (QED) is 0.906. The van der Waals surface area contributed by atoms with Gasteiger partial charge in [-0.15, -0.1) is 0 Å². The second-order valence-corrected chi connectivity index (χ2v) is 5.50. The third kappa shape index (κ3) is 2.43. The first-order valence-corrected chi connectivity index (χ1v) is 6.83. The van der Waals surface area contributed by atoms with Gasteiger partial charge in [-0.3, -0.25) is 9.78 Å². The zero-order valence-electron chi connectivity index (χ0n) is 11.4. The van der Waals surface area contributed by atoms with Gasteiger partial charge in [0.2, 0.25) is 0 Å². The highest BCUT2D eigenvalue weighted by atomic mass is 16.4. The predicted octanol–water partition coefficient (Wildman–Crippen LogP) is 2.18. The Balaban J connectivity index is 1.91. The Morgan fingerprint density at radius 2 is 2.05 bits per heavy atom. The summed E-state index contributed by atoms with van der Waals surface area (Å²) >= 11 is 0. The Morgan fingerprint density at radius 1 is 1.30 bits per heavy atom. The van der Waals surface area contributed by atoms with Crippen LogP contribution in [0.25, 0.3) is 11.0 Å². The number of benzene rings is 1. The molecule has 0 spiro atoms. The maximum Gasteiger partial charge on any atom is 0.308 e. The van der Waals surface area contributed by atoms with Gasteiger partial charge in [0.05, 0.1) is 23.1 Å². The summed E-state index contributed by atoms with van der Waals surface area (Å²) in [4.78, 5) is 22.3. The number of para-hydroxylation sites is 2. The van der Waals surface area contributed by atoms with Crippen LogP contribution in [0.4, 0.5) is 5.82 Å². The first-order chi connectivity index (χ1) is 9.63. The molecule has 0 bridgehead atoms. The molecule has 1 aliphatic rings. The third-order valence-electron chi connectivity index (χ3n) is 3.77. The van der Waals surface area contributed by atoms with Gasteiger partial charge in [-0.05, 0) is 24.5 Å². The number of aliphatic carboxylic acids is 1. The van der Waals surface area contributed by atoms with Crippen molar-refractivity contribution in [1.82, 2.24) is 9.97 Å². The summed E-state index contributed by atoms with van der Waals surface area (Å²) in [5, 5.41) is 9.23. The number of hydrogen-bond acceptors (Lipinski definition) is 4. The van der Waals surface area contributed by atoms with E-state index < -0.39 is 5.97 Å². The van der Waals surface area contributed by atoms with Gasteiger partial charge in [0.15, 0.2) is 0 Å². The number of fused-ring (bicyclic) bond motifs is 1. The van der Waals surface area contributed by atoms with Crippen LogP contribution >= 0.6 is 0 Å². The molecule has 2 heterocycles. The Kier molecular flexibility index (Phi) is 3.26. The minimum absolute atomic E-state index is 0.327. The van der Waals surface area contributed by atoms with Crippen LogP contribution in [-0.2, 0) is 4.79 Å². The SMILES string of the molecule is CC1CC(C(=O)O)CN(c2cnc3ccccc3n2)C1. The van der Waals surface area contributed by atoms with Crippen molar-refractivity contribution in [2.24, 2.45) is 11.8 Å². The highest BCUT2D eigenvalue weighted by molar-refractivity contribution is 5.76. The van der Waals surface area contributed by atoms with Crippen molar-refractivity contribution >= 4 is 22.8 Å². The average molecular weight is 271 g/mol. The molecule has 5 heteroatoms. The fraction of sp³-hybridized carbons (Fsp3) is 0.400. The van der Waals surface area contributed by atoms with E-state index in [1.54, 1.807) is 6.20 Å². The van der Waals surface area contributed by atoms with Crippen molar-refractivity contribution < 1.29 is 9.90 Å².